The molecule has 6 rings (SSSR count). The number of nitrogens with zero attached hydrogens (tertiary/aromatic N) is 6. The normalized spacial score (nSPS) is 25.5. The molecule has 204 valence electrons. The summed E-state index contributed by atoms with van der Waals surface area (Å²) in [6.07, 6.45) is 2.54. The maximum atomic E-state index is 9.30. The van der Waals surface area contributed by atoms with Crippen molar-refractivity contribution in [3.63, 3.8) is 0 Å². The molecule has 0 saturated carbocycles. The molecule has 4 heterocycles. The second kappa shape index (κ2) is 10.6. The molecule has 1 N–H and O–H groups in total. The van der Waals surface area contributed by atoms with E-state index in [1.807, 2.05) is 0 Å². The Kier molecular flexibility index (Phi) is 7.05. The molecule has 3 atom stereocenters. The Hall–Kier alpha value is -3.41. The highest BCUT2D eigenvalue weighted by atomic mass is 16.5. The molecule has 0 spiro atoms. The monoisotopic (exact) mass is 525 g/mol. The Labute approximate surface area is 231 Å². The molecule has 0 radical (unpaired) electrons. The number of anilines is 2. The van der Waals surface area contributed by atoms with Crippen LogP contribution in [0.5, 0.6) is 6.01 Å². The Morgan fingerprint density at radius 2 is 1.95 bits per heavy atom. The van der Waals surface area contributed by atoms with E-state index in [-0.39, 0.29) is 11.6 Å². The Morgan fingerprint density at radius 3 is 2.77 bits per heavy atom. The van der Waals surface area contributed by atoms with Gasteiger partial charge < -0.3 is 19.9 Å². The van der Waals surface area contributed by atoms with Crippen molar-refractivity contribution < 1.29 is 4.74 Å². The van der Waals surface area contributed by atoms with Crippen molar-refractivity contribution >= 4 is 22.3 Å². The zero-order valence-corrected chi connectivity index (χ0v) is 23.4. The van der Waals surface area contributed by atoms with Gasteiger partial charge in [0.05, 0.1) is 30.3 Å². The van der Waals surface area contributed by atoms with Crippen LogP contribution in [0.15, 0.2) is 42.5 Å². The van der Waals surface area contributed by atoms with Gasteiger partial charge in [-0.25, -0.2) is 0 Å². The minimum atomic E-state index is -0.0403. The summed E-state index contributed by atoms with van der Waals surface area (Å²) in [4.78, 5) is 17.3. The van der Waals surface area contributed by atoms with Crippen LogP contribution in [0.3, 0.4) is 0 Å². The molecular formula is C31H39N7O. The molecule has 3 aliphatic heterocycles. The third-order valence-electron chi connectivity index (χ3n) is 9.35. The maximum Gasteiger partial charge on any atom is 0.318 e. The zero-order chi connectivity index (χ0) is 27.0. The summed E-state index contributed by atoms with van der Waals surface area (Å²) >= 11 is 0. The fourth-order valence-electron chi connectivity index (χ4n) is 6.46. The first-order chi connectivity index (χ1) is 19.0. The fourth-order valence-corrected chi connectivity index (χ4v) is 6.46. The molecule has 0 amide bonds. The van der Waals surface area contributed by atoms with Crippen molar-refractivity contribution in [2.75, 3.05) is 56.2 Å². The van der Waals surface area contributed by atoms with Crippen LogP contribution >= 0.6 is 0 Å². The third kappa shape index (κ3) is 4.90. The van der Waals surface area contributed by atoms with Crippen LogP contribution in [0.1, 0.15) is 37.9 Å². The molecule has 3 aliphatic rings. The van der Waals surface area contributed by atoms with Crippen molar-refractivity contribution in [1.29, 1.82) is 5.26 Å². The average Bonchev–Trinajstić information content (AvgIpc) is 3.22. The van der Waals surface area contributed by atoms with Crippen LogP contribution in [-0.2, 0) is 13.0 Å². The van der Waals surface area contributed by atoms with Crippen molar-refractivity contribution in [2.24, 2.45) is 5.92 Å². The quantitative estimate of drug-likeness (QED) is 0.518. The van der Waals surface area contributed by atoms with E-state index in [2.05, 4.69) is 89.4 Å². The van der Waals surface area contributed by atoms with E-state index in [1.54, 1.807) is 0 Å². The van der Waals surface area contributed by atoms with Crippen LogP contribution in [0, 0.1) is 17.2 Å². The minimum absolute atomic E-state index is 0.0403. The number of piperazine rings is 1. The van der Waals surface area contributed by atoms with Crippen molar-refractivity contribution in [1.82, 2.24) is 20.2 Å². The van der Waals surface area contributed by atoms with E-state index in [9.17, 15) is 5.26 Å². The first-order valence-electron chi connectivity index (χ1n) is 14.3. The van der Waals surface area contributed by atoms with Gasteiger partial charge in [0, 0.05) is 48.9 Å². The van der Waals surface area contributed by atoms with Crippen molar-refractivity contribution in [3.05, 3.63) is 53.7 Å². The number of fused-ring (bicyclic) bond motifs is 2. The standard InChI is InChI=1S/C31H39N7O/c1-22-12-16-36(3)31(22,2)21-39-30-34-27-20-37(28-10-6-8-23-7-4-5-9-25(23)28)17-13-26(27)29(35-30)38-18-15-33-24(19-38)11-14-32/h4-10,22,24,33H,11-13,15-21H2,1-3H3/t22?,24?,31-/m1/s1. The number of aromatic nitrogens is 2. The van der Waals surface area contributed by atoms with E-state index in [4.69, 9.17) is 14.7 Å². The lowest BCUT2D eigenvalue weighted by molar-refractivity contribution is 0.0801. The van der Waals surface area contributed by atoms with E-state index in [1.165, 1.54) is 28.4 Å². The van der Waals surface area contributed by atoms with Gasteiger partial charge >= 0.3 is 6.01 Å². The summed E-state index contributed by atoms with van der Waals surface area (Å²) in [6.45, 7) is 10.3. The molecule has 0 aliphatic carbocycles. The number of benzene rings is 2. The zero-order valence-electron chi connectivity index (χ0n) is 23.4. The first-order valence-corrected chi connectivity index (χ1v) is 14.3. The largest absolute Gasteiger partial charge is 0.461 e. The van der Waals surface area contributed by atoms with Crippen LogP contribution < -0.4 is 19.9 Å². The van der Waals surface area contributed by atoms with Crippen molar-refractivity contribution in [2.45, 2.75) is 51.2 Å². The Morgan fingerprint density at radius 1 is 1.10 bits per heavy atom. The Bertz CT molecular complexity index is 1370. The van der Waals surface area contributed by atoms with Gasteiger partial charge in [0.25, 0.3) is 0 Å². The van der Waals surface area contributed by atoms with Gasteiger partial charge in [-0.05, 0) is 50.7 Å². The molecule has 1 aromatic heterocycles. The number of likely N-dealkylation sites (tertiary alicyclic amines) is 1. The number of nitrogens with one attached hydrogen (secondary N) is 1. The van der Waals surface area contributed by atoms with E-state index < -0.39 is 0 Å². The van der Waals surface area contributed by atoms with E-state index in [0.717, 1.165) is 57.2 Å². The topological polar surface area (TPSA) is 80.5 Å². The summed E-state index contributed by atoms with van der Waals surface area (Å²) in [5.74, 6) is 1.52. The van der Waals surface area contributed by atoms with Crippen LogP contribution in [0.4, 0.5) is 11.5 Å². The summed E-state index contributed by atoms with van der Waals surface area (Å²) < 4.78 is 6.44. The number of rotatable bonds is 6. The third-order valence-corrected chi connectivity index (χ3v) is 9.35. The predicted molar refractivity (Wildman–Crippen MR) is 155 cm³/mol. The molecular weight excluding hydrogens is 486 g/mol. The van der Waals surface area contributed by atoms with E-state index >= 15 is 0 Å². The van der Waals surface area contributed by atoms with Gasteiger partial charge in [-0.2, -0.15) is 15.2 Å². The molecule has 8 heteroatoms. The lowest BCUT2D eigenvalue weighted by atomic mass is 9.89. The predicted octanol–water partition coefficient (Wildman–Crippen LogP) is 3.99. The first kappa shape index (κ1) is 25.8. The molecule has 8 nitrogen and oxygen atoms in total. The van der Waals surface area contributed by atoms with Gasteiger partial charge in [-0.1, -0.05) is 43.3 Å². The van der Waals surface area contributed by atoms with Crippen LogP contribution in [-0.4, -0.2) is 72.8 Å². The maximum absolute atomic E-state index is 9.30. The van der Waals surface area contributed by atoms with Crippen LogP contribution in [0.2, 0.25) is 0 Å². The smallest absolute Gasteiger partial charge is 0.318 e. The summed E-state index contributed by atoms with van der Waals surface area (Å²) in [5.41, 5.74) is 3.46. The lowest BCUT2D eigenvalue weighted by Crippen LogP contribution is -2.51. The molecule has 3 aromatic rings. The summed E-state index contributed by atoms with van der Waals surface area (Å²) in [6, 6.07) is 18.0. The average molecular weight is 526 g/mol. The van der Waals surface area contributed by atoms with E-state index in [0.29, 0.717) is 25.0 Å². The highest BCUT2D eigenvalue weighted by Crippen LogP contribution is 2.36. The van der Waals surface area contributed by atoms with Crippen molar-refractivity contribution in [3.8, 4) is 12.1 Å². The lowest BCUT2D eigenvalue weighted by Gasteiger charge is -2.38. The molecule has 0 bridgehead atoms. The number of hydrogen-bond donors (Lipinski definition) is 1. The highest BCUT2D eigenvalue weighted by Gasteiger charge is 2.41. The number of nitriles is 1. The number of ether oxygens (including phenoxy) is 1. The molecule has 2 saturated heterocycles. The molecule has 2 fully saturated rings. The number of hydrogen-bond acceptors (Lipinski definition) is 8. The van der Waals surface area contributed by atoms with Gasteiger partial charge in [-0.3, -0.25) is 4.90 Å². The second-order valence-corrected chi connectivity index (χ2v) is 11.6. The molecule has 2 unspecified atom stereocenters. The van der Waals surface area contributed by atoms with Crippen LogP contribution in [0.25, 0.3) is 10.8 Å². The Balaban J connectivity index is 1.34. The van der Waals surface area contributed by atoms with Gasteiger partial charge in [-0.15, -0.1) is 0 Å². The SMILES string of the molecule is CC1CCN(C)[C@]1(C)COc1nc2c(c(N3CCNC(CC#N)C3)n1)CCN(c1cccc3ccccc13)C2. The molecule has 2 aromatic carbocycles. The highest BCUT2D eigenvalue weighted by molar-refractivity contribution is 5.94. The minimum Gasteiger partial charge on any atom is -0.461 e. The summed E-state index contributed by atoms with van der Waals surface area (Å²) in [5, 5.41) is 15.3. The molecule has 39 heavy (non-hydrogen) atoms. The summed E-state index contributed by atoms with van der Waals surface area (Å²) in [7, 11) is 2.18. The van der Waals surface area contributed by atoms with Gasteiger partial charge in [0.2, 0.25) is 0 Å². The van der Waals surface area contributed by atoms with Gasteiger partial charge in [0.15, 0.2) is 0 Å². The fraction of sp³-hybridized carbons (Fsp3) is 0.516. The number of likely N-dealkylation sites (N-methyl/N-ethyl adjacent to an activating group) is 1. The van der Waals surface area contributed by atoms with Gasteiger partial charge in [0.1, 0.15) is 12.4 Å². The second-order valence-electron chi connectivity index (χ2n) is 11.6.